The van der Waals surface area contributed by atoms with E-state index >= 15 is 0 Å². The molecule has 0 fully saturated rings. The Morgan fingerprint density at radius 2 is 1.88 bits per heavy atom. The average molecular weight is 478 g/mol. The van der Waals surface area contributed by atoms with Crippen molar-refractivity contribution in [3.8, 4) is 11.4 Å². The van der Waals surface area contributed by atoms with E-state index in [4.69, 9.17) is 9.72 Å². The Labute approximate surface area is 200 Å². The zero-order valence-corrected chi connectivity index (χ0v) is 19.8. The molecule has 0 radical (unpaired) electrons. The zero-order valence-electron chi connectivity index (χ0n) is 18.2. The molecule has 0 saturated heterocycles. The highest BCUT2D eigenvalue weighted by Crippen LogP contribution is 2.32. The van der Waals surface area contributed by atoms with Crippen molar-refractivity contribution in [2.24, 2.45) is 0 Å². The highest BCUT2D eigenvalue weighted by Gasteiger charge is 2.22. The van der Waals surface area contributed by atoms with E-state index in [1.165, 1.54) is 35.6 Å². The molecule has 168 valence electrons. The van der Waals surface area contributed by atoms with Gasteiger partial charge in [0, 0.05) is 17.1 Å². The predicted molar refractivity (Wildman–Crippen MR) is 131 cm³/mol. The maximum absolute atomic E-state index is 12.6. The second kappa shape index (κ2) is 9.76. The Morgan fingerprint density at radius 3 is 2.67 bits per heavy atom. The minimum atomic E-state index is -0.268. The van der Waals surface area contributed by atoms with Gasteiger partial charge in [-0.25, -0.2) is 4.98 Å². The summed E-state index contributed by atoms with van der Waals surface area (Å²) in [5.74, 6) is 1.07. The lowest BCUT2D eigenvalue weighted by Crippen LogP contribution is -2.11. The number of carbonyl (C=O) groups excluding carboxylic acids is 1. The van der Waals surface area contributed by atoms with Crippen molar-refractivity contribution < 1.29 is 9.53 Å². The van der Waals surface area contributed by atoms with Crippen LogP contribution in [0.5, 0.6) is 5.75 Å². The highest BCUT2D eigenvalue weighted by molar-refractivity contribution is 7.98. The molecule has 9 heteroatoms. The van der Waals surface area contributed by atoms with Crippen LogP contribution in [0.15, 0.2) is 59.8 Å². The van der Waals surface area contributed by atoms with Crippen molar-refractivity contribution in [3.63, 3.8) is 0 Å². The number of aromatic nitrogens is 4. The topological polar surface area (TPSA) is 81.9 Å². The number of benzene rings is 2. The molecule has 33 heavy (non-hydrogen) atoms. The zero-order chi connectivity index (χ0) is 22.6. The fourth-order valence-corrected chi connectivity index (χ4v) is 5.62. The summed E-state index contributed by atoms with van der Waals surface area (Å²) in [5.41, 5.74) is 4.33. The summed E-state index contributed by atoms with van der Waals surface area (Å²) in [6.07, 6.45) is 4.45. The van der Waals surface area contributed by atoms with E-state index in [0.29, 0.717) is 16.4 Å². The standard InChI is InChI=1S/C24H23N5O2S2/c1-31-18-13-11-16(12-14-18)25-22(30)23-28-27-21(33-23)15-32-24-26-19-9-5-6-10-20(19)29(24)17-7-3-2-4-8-17/h2-4,7-8,11-14H,5-6,9-10,15H2,1H3,(H,25,30). The number of hydrogen-bond acceptors (Lipinski definition) is 7. The molecule has 5 rings (SSSR count). The third kappa shape index (κ3) is 4.79. The lowest BCUT2D eigenvalue weighted by molar-refractivity contribution is 0.102. The van der Waals surface area contributed by atoms with Gasteiger partial charge in [0.25, 0.3) is 5.91 Å². The molecule has 0 spiro atoms. The molecule has 2 aromatic carbocycles. The Kier molecular flexibility index (Phi) is 6.41. The molecule has 1 N–H and O–H groups in total. The van der Waals surface area contributed by atoms with Gasteiger partial charge in [0.05, 0.1) is 18.6 Å². The molecule has 0 unspecified atom stereocenters. The number of nitrogens with one attached hydrogen (secondary N) is 1. The van der Waals surface area contributed by atoms with E-state index in [1.54, 1.807) is 43.1 Å². The number of methoxy groups -OCH3 is 1. The Bertz CT molecular complexity index is 1250. The number of ether oxygens (including phenoxy) is 1. The maximum atomic E-state index is 12.6. The van der Waals surface area contributed by atoms with Crippen LogP contribution in [0.3, 0.4) is 0 Å². The molecule has 0 atom stereocenters. The van der Waals surface area contributed by atoms with Gasteiger partial charge >= 0.3 is 0 Å². The lowest BCUT2D eigenvalue weighted by atomic mass is 10.0. The first-order valence-electron chi connectivity index (χ1n) is 10.8. The first-order chi connectivity index (χ1) is 16.2. The number of rotatable bonds is 7. The van der Waals surface area contributed by atoms with Gasteiger partial charge in [0.15, 0.2) is 5.16 Å². The summed E-state index contributed by atoms with van der Waals surface area (Å²) in [4.78, 5) is 17.5. The molecule has 7 nitrogen and oxygen atoms in total. The van der Waals surface area contributed by atoms with Crippen LogP contribution >= 0.6 is 23.1 Å². The fourth-order valence-electron chi connectivity index (χ4n) is 3.84. The predicted octanol–water partition coefficient (Wildman–Crippen LogP) is 5.16. The largest absolute Gasteiger partial charge is 0.497 e. The van der Waals surface area contributed by atoms with Crippen LogP contribution in [0.1, 0.15) is 39.0 Å². The Hall–Kier alpha value is -3.17. The van der Waals surface area contributed by atoms with Crippen molar-refractivity contribution in [2.75, 3.05) is 12.4 Å². The number of anilines is 1. The van der Waals surface area contributed by atoms with Crippen molar-refractivity contribution in [1.82, 2.24) is 19.7 Å². The molecule has 0 aliphatic heterocycles. The van der Waals surface area contributed by atoms with Gasteiger partial charge in [0.2, 0.25) is 5.01 Å². The van der Waals surface area contributed by atoms with E-state index in [-0.39, 0.29) is 5.91 Å². The summed E-state index contributed by atoms with van der Waals surface area (Å²) in [7, 11) is 1.61. The van der Waals surface area contributed by atoms with Crippen LogP contribution in [0, 0.1) is 0 Å². The molecule has 0 bridgehead atoms. The third-order valence-corrected chi connectivity index (χ3v) is 7.50. The molecule has 2 heterocycles. The molecular weight excluding hydrogens is 454 g/mol. The van der Waals surface area contributed by atoms with Gasteiger partial charge in [-0.15, -0.1) is 10.2 Å². The first-order valence-corrected chi connectivity index (χ1v) is 12.6. The molecule has 1 aliphatic rings. The number of aryl methyl sites for hydroxylation is 1. The summed E-state index contributed by atoms with van der Waals surface area (Å²) < 4.78 is 7.42. The van der Waals surface area contributed by atoms with E-state index in [2.05, 4.69) is 44.3 Å². The van der Waals surface area contributed by atoms with E-state index in [1.807, 2.05) is 6.07 Å². The van der Waals surface area contributed by atoms with Crippen molar-refractivity contribution in [3.05, 3.63) is 76.0 Å². The normalized spacial score (nSPS) is 12.9. The molecule has 1 amide bonds. The van der Waals surface area contributed by atoms with Gasteiger partial charge in [-0.05, 0) is 62.1 Å². The van der Waals surface area contributed by atoms with Gasteiger partial charge < -0.3 is 10.1 Å². The number of nitrogens with zero attached hydrogens (tertiary/aromatic N) is 4. The van der Waals surface area contributed by atoms with E-state index in [9.17, 15) is 4.79 Å². The number of carbonyl (C=O) groups is 1. The molecule has 0 saturated carbocycles. The van der Waals surface area contributed by atoms with Crippen molar-refractivity contribution >= 4 is 34.7 Å². The summed E-state index contributed by atoms with van der Waals surface area (Å²) in [6, 6.07) is 17.5. The smallest absolute Gasteiger partial charge is 0.286 e. The summed E-state index contributed by atoms with van der Waals surface area (Å²) in [6.45, 7) is 0. The fraction of sp³-hybridized carbons (Fsp3) is 0.250. The maximum Gasteiger partial charge on any atom is 0.286 e. The number of imidazole rings is 1. The minimum absolute atomic E-state index is 0.268. The number of thioether (sulfide) groups is 1. The first kappa shape index (κ1) is 21.7. The summed E-state index contributed by atoms with van der Waals surface area (Å²) in [5, 5.41) is 13.3. The van der Waals surface area contributed by atoms with Crippen molar-refractivity contribution in [2.45, 2.75) is 36.6 Å². The lowest BCUT2D eigenvalue weighted by Gasteiger charge is -2.15. The van der Waals surface area contributed by atoms with Gasteiger partial charge in [-0.2, -0.15) is 0 Å². The van der Waals surface area contributed by atoms with E-state index in [0.717, 1.165) is 34.4 Å². The number of fused-ring (bicyclic) bond motifs is 1. The van der Waals surface area contributed by atoms with Crippen molar-refractivity contribution in [1.29, 1.82) is 0 Å². The molecule has 4 aromatic rings. The highest BCUT2D eigenvalue weighted by atomic mass is 32.2. The Morgan fingerprint density at radius 1 is 1.09 bits per heavy atom. The van der Waals surface area contributed by atoms with Gasteiger partial charge in [-0.1, -0.05) is 41.3 Å². The molecule has 1 aliphatic carbocycles. The number of amides is 1. The van der Waals surface area contributed by atoms with E-state index < -0.39 is 0 Å². The SMILES string of the molecule is COc1ccc(NC(=O)c2nnc(CSc3nc4c(n3-c3ccccc3)CCCC4)s2)cc1. The molecule has 2 aromatic heterocycles. The van der Waals surface area contributed by atoms with Crippen LogP contribution in [0.2, 0.25) is 0 Å². The number of para-hydroxylation sites is 1. The second-order valence-electron chi connectivity index (χ2n) is 7.64. The van der Waals surface area contributed by atoms with Gasteiger partial charge in [-0.3, -0.25) is 9.36 Å². The quantitative estimate of drug-likeness (QED) is 0.371. The molecular formula is C24H23N5O2S2. The van der Waals surface area contributed by atoms with Gasteiger partial charge in [0.1, 0.15) is 10.8 Å². The second-order valence-corrected chi connectivity index (χ2v) is 9.64. The Balaban J connectivity index is 1.30. The van der Waals surface area contributed by atoms with Crippen LogP contribution in [-0.4, -0.2) is 32.8 Å². The summed E-state index contributed by atoms with van der Waals surface area (Å²) >= 11 is 2.94. The van der Waals surface area contributed by atoms with Crippen LogP contribution in [-0.2, 0) is 18.6 Å². The minimum Gasteiger partial charge on any atom is -0.497 e. The monoisotopic (exact) mass is 477 g/mol. The van der Waals surface area contributed by atoms with Crippen LogP contribution in [0.4, 0.5) is 5.69 Å². The number of hydrogen-bond donors (Lipinski definition) is 1. The third-order valence-electron chi connectivity index (χ3n) is 5.45. The van der Waals surface area contributed by atoms with Crippen LogP contribution < -0.4 is 10.1 Å². The van der Waals surface area contributed by atoms with Crippen LogP contribution in [0.25, 0.3) is 5.69 Å². The average Bonchev–Trinajstić information content (AvgIpc) is 3.48.